The van der Waals surface area contributed by atoms with Gasteiger partial charge in [-0.15, -0.1) is 0 Å². The predicted octanol–water partition coefficient (Wildman–Crippen LogP) is 4.54. The Labute approximate surface area is 124 Å². The molecule has 106 valence electrons. The van der Waals surface area contributed by atoms with Crippen molar-refractivity contribution in [3.63, 3.8) is 0 Å². The molecule has 2 aromatic carbocycles. The van der Waals surface area contributed by atoms with Crippen molar-refractivity contribution in [2.45, 2.75) is 31.7 Å². The van der Waals surface area contributed by atoms with Gasteiger partial charge >= 0.3 is 0 Å². The molecule has 0 spiro atoms. The molecule has 3 heteroatoms. The van der Waals surface area contributed by atoms with E-state index in [1.54, 1.807) is 6.07 Å². The van der Waals surface area contributed by atoms with Crippen LogP contribution in [0, 0.1) is 5.82 Å². The molecule has 0 bridgehead atoms. The molecule has 2 rings (SSSR count). The second kappa shape index (κ2) is 6.87. The number of hydrogen-bond acceptors (Lipinski definition) is 1. The van der Waals surface area contributed by atoms with Gasteiger partial charge in [0.1, 0.15) is 5.82 Å². The molecule has 0 fully saturated rings. The standard InChI is InChI=1S/C17H19ClFN/c1-2-15(12-6-4-3-5-7-12)17(20)10-13-8-9-14(19)11-16(13)18/h3-9,11,15,17H,2,10,20H2,1H3. The van der Waals surface area contributed by atoms with Crippen molar-refractivity contribution in [3.8, 4) is 0 Å². The highest BCUT2D eigenvalue weighted by Gasteiger charge is 2.19. The summed E-state index contributed by atoms with van der Waals surface area (Å²) in [7, 11) is 0. The zero-order chi connectivity index (χ0) is 14.5. The van der Waals surface area contributed by atoms with Gasteiger partial charge in [-0.1, -0.05) is 54.9 Å². The molecule has 2 atom stereocenters. The lowest BCUT2D eigenvalue weighted by Gasteiger charge is -2.23. The SMILES string of the molecule is CCC(c1ccccc1)C(N)Cc1ccc(F)cc1Cl. The molecule has 0 aliphatic heterocycles. The highest BCUT2D eigenvalue weighted by atomic mass is 35.5. The summed E-state index contributed by atoms with van der Waals surface area (Å²) >= 11 is 6.07. The predicted molar refractivity (Wildman–Crippen MR) is 82.6 cm³/mol. The van der Waals surface area contributed by atoms with Crippen molar-refractivity contribution in [2.24, 2.45) is 5.73 Å². The van der Waals surface area contributed by atoms with Crippen LogP contribution in [0.5, 0.6) is 0 Å². The molecule has 0 amide bonds. The van der Waals surface area contributed by atoms with E-state index in [1.165, 1.54) is 17.7 Å². The monoisotopic (exact) mass is 291 g/mol. The smallest absolute Gasteiger partial charge is 0.124 e. The molecule has 2 aromatic rings. The van der Waals surface area contributed by atoms with E-state index in [4.69, 9.17) is 17.3 Å². The molecule has 0 aromatic heterocycles. The van der Waals surface area contributed by atoms with E-state index in [0.29, 0.717) is 11.4 Å². The van der Waals surface area contributed by atoms with Gasteiger partial charge in [0.05, 0.1) is 0 Å². The normalized spacial score (nSPS) is 14.0. The fourth-order valence-electron chi connectivity index (χ4n) is 2.57. The van der Waals surface area contributed by atoms with E-state index in [0.717, 1.165) is 12.0 Å². The Bertz CT molecular complexity index is 556. The minimum absolute atomic E-state index is 0.0367. The summed E-state index contributed by atoms with van der Waals surface area (Å²) in [5.41, 5.74) is 8.48. The Morgan fingerprint density at radius 2 is 1.85 bits per heavy atom. The zero-order valence-electron chi connectivity index (χ0n) is 11.5. The molecule has 0 radical (unpaired) electrons. The molecule has 2 unspecified atom stereocenters. The Morgan fingerprint density at radius 3 is 2.45 bits per heavy atom. The number of hydrogen-bond donors (Lipinski definition) is 1. The van der Waals surface area contributed by atoms with Gasteiger partial charge in [-0.25, -0.2) is 4.39 Å². The molecule has 0 saturated heterocycles. The molecule has 0 aliphatic rings. The van der Waals surface area contributed by atoms with E-state index in [1.807, 2.05) is 18.2 Å². The van der Waals surface area contributed by atoms with Crippen LogP contribution in [0.2, 0.25) is 5.02 Å². The van der Waals surface area contributed by atoms with E-state index in [-0.39, 0.29) is 17.8 Å². The van der Waals surface area contributed by atoms with Crippen molar-refractivity contribution < 1.29 is 4.39 Å². The fourth-order valence-corrected chi connectivity index (χ4v) is 2.81. The first-order valence-corrected chi connectivity index (χ1v) is 7.24. The molecule has 0 heterocycles. The number of halogens is 2. The van der Waals surface area contributed by atoms with Gasteiger partial charge < -0.3 is 5.73 Å². The summed E-state index contributed by atoms with van der Waals surface area (Å²) in [4.78, 5) is 0. The van der Waals surface area contributed by atoms with Gasteiger partial charge in [0.15, 0.2) is 0 Å². The Kier molecular flexibility index (Phi) is 5.16. The van der Waals surface area contributed by atoms with Gasteiger partial charge in [-0.05, 0) is 42.0 Å². The van der Waals surface area contributed by atoms with Crippen LogP contribution < -0.4 is 5.73 Å². The molecular weight excluding hydrogens is 273 g/mol. The first-order valence-electron chi connectivity index (χ1n) is 6.86. The third-order valence-corrected chi connectivity index (χ3v) is 4.01. The van der Waals surface area contributed by atoms with E-state index >= 15 is 0 Å². The van der Waals surface area contributed by atoms with Crippen LogP contribution in [-0.2, 0) is 6.42 Å². The average molecular weight is 292 g/mol. The van der Waals surface area contributed by atoms with E-state index in [2.05, 4.69) is 19.1 Å². The summed E-state index contributed by atoms with van der Waals surface area (Å²) in [6.07, 6.45) is 1.61. The topological polar surface area (TPSA) is 26.0 Å². The molecule has 2 N–H and O–H groups in total. The molecule has 0 saturated carbocycles. The van der Waals surface area contributed by atoms with Crippen LogP contribution in [0.15, 0.2) is 48.5 Å². The fraction of sp³-hybridized carbons (Fsp3) is 0.294. The third kappa shape index (κ3) is 3.59. The summed E-state index contributed by atoms with van der Waals surface area (Å²) in [5, 5.41) is 0.448. The van der Waals surface area contributed by atoms with Crippen LogP contribution >= 0.6 is 11.6 Å². The number of nitrogens with two attached hydrogens (primary N) is 1. The lowest BCUT2D eigenvalue weighted by atomic mass is 9.86. The Morgan fingerprint density at radius 1 is 1.15 bits per heavy atom. The van der Waals surface area contributed by atoms with Crippen LogP contribution in [0.1, 0.15) is 30.4 Å². The third-order valence-electron chi connectivity index (χ3n) is 3.66. The van der Waals surface area contributed by atoms with E-state index in [9.17, 15) is 4.39 Å². The highest BCUT2D eigenvalue weighted by molar-refractivity contribution is 6.31. The molecular formula is C17H19ClFN. The minimum atomic E-state index is -0.317. The Hall–Kier alpha value is -1.38. The second-order valence-corrected chi connectivity index (χ2v) is 5.44. The maximum atomic E-state index is 13.1. The van der Waals surface area contributed by atoms with Crippen LogP contribution in [0.3, 0.4) is 0 Å². The molecule has 20 heavy (non-hydrogen) atoms. The lowest BCUT2D eigenvalue weighted by Crippen LogP contribution is -2.30. The summed E-state index contributed by atoms with van der Waals surface area (Å²) in [6, 6.07) is 14.7. The number of benzene rings is 2. The first-order chi connectivity index (χ1) is 9.61. The summed E-state index contributed by atoms with van der Waals surface area (Å²) < 4.78 is 13.1. The largest absolute Gasteiger partial charge is 0.327 e. The zero-order valence-corrected chi connectivity index (χ0v) is 12.3. The van der Waals surface area contributed by atoms with Crippen LogP contribution in [0.25, 0.3) is 0 Å². The second-order valence-electron chi connectivity index (χ2n) is 5.03. The van der Waals surface area contributed by atoms with Gasteiger partial charge in [0, 0.05) is 11.1 Å². The van der Waals surface area contributed by atoms with Crippen LogP contribution in [0.4, 0.5) is 4.39 Å². The minimum Gasteiger partial charge on any atom is -0.327 e. The van der Waals surface area contributed by atoms with Gasteiger partial charge in [-0.2, -0.15) is 0 Å². The van der Waals surface area contributed by atoms with Gasteiger partial charge in [-0.3, -0.25) is 0 Å². The van der Waals surface area contributed by atoms with Crippen molar-refractivity contribution in [1.82, 2.24) is 0 Å². The molecule has 0 aliphatic carbocycles. The number of rotatable bonds is 5. The molecule has 1 nitrogen and oxygen atoms in total. The summed E-state index contributed by atoms with van der Waals surface area (Å²) in [5.74, 6) is -0.0419. The maximum absolute atomic E-state index is 13.1. The summed E-state index contributed by atoms with van der Waals surface area (Å²) in [6.45, 7) is 2.13. The quantitative estimate of drug-likeness (QED) is 0.860. The van der Waals surface area contributed by atoms with Crippen molar-refractivity contribution >= 4 is 11.6 Å². The van der Waals surface area contributed by atoms with E-state index < -0.39 is 0 Å². The first kappa shape index (κ1) is 15.0. The van der Waals surface area contributed by atoms with Crippen LogP contribution in [-0.4, -0.2) is 6.04 Å². The highest BCUT2D eigenvalue weighted by Crippen LogP contribution is 2.26. The van der Waals surface area contributed by atoms with Crippen molar-refractivity contribution in [1.29, 1.82) is 0 Å². The lowest BCUT2D eigenvalue weighted by molar-refractivity contribution is 0.514. The maximum Gasteiger partial charge on any atom is 0.124 e. The van der Waals surface area contributed by atoms with Crippen molar-refractivity contribution in [2.75, 3.05) is 0 Å². The van der Waals surface area contributed by atoms with Gasteiger partial charge in [0.2, 0.25) is 0 Å². The van der Waals surface area contributed by atoms with Crippen molar-refractivity contribution in [3.05, 3.63) is 70.5 Å². The average Bonchev–Trinajstić information content (AvgIpc) is 2.44. The Balaban J connectivity index is 2.15. The van der Waals surface area contributed by atoms with Gasteiger partial charge in [0.25, 0.3) is 0 Å².